The first-order valence-electron chi connectivity index (χ1n) is 9.80. The number of fused-ring (bicyclic) bond motifs is 1. The summed E-state index contributed by atoms with van der Waals surface area (Å²) in [4.78, 5) is 23.2. The molecule has 0 aliphatic heterocycles. The number of halogens is 3. The molecule has 3 aromatic rings. The molecule has 0 amide bonds. The fourth-order valence-corrected chi connectivity index (χ4v) is 4.35. The zero-order valence-electron chi connectivity index (χ0n) is 17.7. The molecule has 1 fully saturated rings. The van der Waals surface area contributed by atoms with Gasteiger partial charge < -0.3 is 20.1 Å². The summed E-state index contributed by atoms with van der Waals surface area (Å²) in [6.45, 7) is 3.76. The highest BCUT2D eigenvalue weighted by atomic mass is 19.4. The van der Waals surface area contributed by atoms with Gasteiger partial charge in [-0.2, -0.15) is 0 Å². The number of nitrogens with two attached hydrogens (primary N) is 1. The number of hydrogen-bond donors (Lipinski definition) is 2. The Morgan fingerprint density at radius 3 is 2.41 bits per heavy atom. The van der Waals surface area contributed by atoms with E-state index in [-0.39, 0.29) is 11.6 Å². The van der Waals surface area contributed by atoms with Crippen LogP contribution in [-0.2, 0) is 4.79 Å². The Labute approximate surface area is 182 Å². The first-order valence-corrected chi connectivity index (χ1v) is 9.80. The molecule has 6 nitrogen and oxygen atoms in total. The van der Waals surface area contributed by atoms with E-state index in [2.05, 4.69) is 10.5 Å². The first-order chi connectivity index (χ1) is 15.0. The number of aliphatic carboxylic acids is 1. The van der Waals surface area contributed by atoms with Crippen LogP contribution >= 0.6 is 0 Å². The van der Waals surface area contributed by atoms with Crippen molar-refractivity contribution in [1.29, 1.82) is 0 Å². The number of nitrogens with zero attached hydrogens (tertiary/aromatic N) is 1. The van der Waals surface area contributed by atoms with Crippen molar-refractivity contribution in [3.05, 3.63) is 59.8 Å². The summed E-state index contributed by atoms with van der Waals surface area (Å²) in [6, 6.07) is 12.5. The van der Waals surface area contributed by atoms with Crippen molar-refractivity contribution in [3.8, 4) is 11.4 Å². The molecule has 0 radical (unpaired) electrons. The number of carbonyl (C=O) groups excluding carboxylic acids is 1. The average molecular weight is 448 g/mol. The summed E-state index contributed by atoms with van der Waals surface area (Å²) >= 11 is 0. The van der Waals surface area contributed by atoms with E-state index in [1.54, 1.807) is 28.8 Å². The number of alkyl halides is 3. The molecular formula is C23H23F3N2O4. The van der Waals surface area contributed by atoms with Crippen molar-refractivity contribution >= 4 is 23.2 Å². The summed E-state index contributed by atoms with van der Waals surface area (Å²) in [6.07, 6.45) is -4.21. The minimum absolute atomic E-state index is 0.194. The second-order valence-electron chi connectivity index (χ2n) is 8.00. The zero-order valence-corrected chi connectivity index (χ0v) is 17.7. The highest BCUT2D eigenvalue weighted by Crippen LogP contribution is 2.64. The molecule has 2 unspecified atom stereocenters. The zero-order chi connectivity index (χ0) is 23.8. The van der Waals surface area contributed by atoms with E-state index in [4.69, 9.17) is 0 Å². The Morgan fingerprint density at radius 2 is 1.84 bits per heavy atom. The van der Waals surface area contributed by atoms with Crippen molar-refractivity contribution in [1.82, 2.24) is 4.57 Å². The van der Waals surface area contributed by atoms with Gasteiger partial charge in [0, 0.05) is 23.1 Å². The molecule has 9 heteroatoms. The number of carboxylic acid groups (broad SMARTS) is 1. The molecule has 1 aliphatic rings. The fraction of sp³-hybridized carbons (Fsp3) is 0.304. The molecule has 4 rings (SSSR count). The van der Waals surface area contributed by atoms with Crippen molar-refractivity contribution in [3.63, 3.8) is 0 Å². The summed E-state index contributed by atoms with van der Waals surface area (Å²) in [5, 5.41) is 10.0. The maximum Gasteiger partial charge on any atom is 0.573 e. The minimum Gasteiger partial charge on any atom is -0.481 e. The molecular weight excluding hydrogens is 425 g/mol. The summed E-state index contributed by atoms with van der Waals surface area (Å²) in [7, 11) is 1.50. The second-order valence-corrected chi connectivity index (χ2v) is 8.00. The smallest absolute Gasteiger partial charge is 0.481 e. The number of aldehydes is 1. The molecule has 170 valence electrons. The van der Waals surface area contributed by atoms with E-state index in [1.807, 2.05) is 19.9 Å². The van der Waals surface area contributed by atoms with Crippen LogP contribution in [0.3, 0.4) is 0 Å². The molecule has 1 aliphatic carbocycles. The van der Waals surface area contributed by atoms with Crippen LogP contribution in [0.25, 0.3) is 16.6 Å². The van der Waals surface area contributed by atoms with Gasteiger partial charge in [-0.25, -0.2) is 0 Å². The lowest BCUT2D eigenvalue weighted by atomic mass is 10.0. The van der Waals surface area contributed by atoms with Gasteiger partial charge in [-0.3, -0.25) is 9.59 Å². The monoisotopic (exact) mass is 448 g/mol. The third kappa shape index (κ3) is 4.20. The Kier molecular flexibility index (Phi) is 6.06. The van der Waals surface area contributed by atoms with Crippen LogP contribution in [0.5, 0.6) is 5.75 Å². The van der Waals surface area contributed by atoms with E-state index in [0.717, 1.165) is 5.56 Å². The van der Waals surface area contributed by atoms with Crippen LogP contribution in [0.15, 0.2) is 48.5 Å². The van der Waals surface area contributed by atoms with Crippen LogP contribution in [-0.4, -0.2) is 35.3 Å². The number of rotatable bonds is 5. The highest BCUT2D eigenvalue weighted by Gasteiger charge is 2.62. The first kappa shape index (κ1) is 23.3. The van der Waals surface area contributed by atoms with Crippen molar-refractivity contribution in [2.75, 3.05) is 7.05 Å². The SMILES string of the molecule is CC1(C)C(C(=O)O)C1c1cccc(-n2c(C=O)cc3ccc(OC(F)(F)F)cc32)c1.CN. The maximum absolute atomic E-state index is 12.6. The lowest BCUT2D eigenvalue weighted by molar-refractivity contribution is -0.274. The molecule has 2 atom stereocenters. The number of carboxylic acids is 1. The standard InChI is InChI=1S/C22H18F3NO4.CH5N/c1-21(2)18(19(21)20(28)29)13-4-3-5-14(9-13)26-15(11-27)8-12-6-7-16(10-17(12)26)30-22(23,24)25;1-2/h3-11,18-19H,1-2H3,(H,28,29);2H2,1H3. The summed E-state index contributed by atoms with van der Waals surface area (Å²) < 4.78 is 43.4. The van der Waals surface area contributed by atoms with E-state index in [1.165, 1.54) is 25.2 Å². The Hall–Kier alpha value is -3.33. The number of aromatic nitrogens is 1. The van der Waals surface area contributed by atoms with Crippen LogP contribution in [0, 0.1) is 11.3 Å². The molecule has 3 N–H and O–H groups in total. The predicted octanol–water partition coefficient (Wildman–Crippen LogP) is 4.74. The quantitative estimate of drug-likeness (QED) is 0.550. The van der Waals surface area contributed by atoms with Gasteiger partial charge in [-0.1, -0.05) is 26.0 Å². The minimum atomic E-state index is -4.83. The molecule has 1 aromatic heterocycles. The van der Waals surface area contributed by atoms with E-state index in [9.17, 15) is 27.9 Å². The summed E-state index contributed by atoms with van der Waals surface area (Å²) in [5.74, 6) is -1.98. The third-order valence-corrected chi connectivity index (χ3v) is 5.74. The Bertz CT molecular complexity index is 1170. The third-order valence-electron chi connectivity index (χ3n) is 5.74. The number of carbonyl (C=O) groups is 2. The van der Waals surface area contributed by atoms with Crippen molar-refractivity contribution in [2.24, 2.45) is 17.1 Å². The van der Waals surface area contributed by atoms with Gasteiger partial charge in [0.1, 0.15) is 5.75 Å². The van der Waals surface area contributed by atoms with E-state index < -0.39 is 29.4 Å². The van der Waals surface area contributed by atoms with Gasteiger partial charge in [0.2, 0.25) is 0 Å². The molecule has 0 saturated heterocycles. The van der Waals surface area contributed by atoms with Crippen molar-refractivity contribution in [2.45, 2.75) is 26.1 Å². The second kappa shape index (κ2) is 8.31. The van der Waals surface area contributed by atoms with Gasteiger partial charge in [0.05, 0.1) is 17.1 Å². The van der Waals surface area contributed by atoms with Gasteiger partial charge in [-0.15, -0.1) is 13.2 Å². The lowest BCUT2D eigenvalue weighted by Crippen LogP contribution is -2.17. The molecule has 1 saturated carbocycles. The summed E-state index contributed by atoms with van der Waals surface area (Å²) in [5.41, 5.74) is 6.08. The van der Waals surface area contributed by atoms with Crippen LogP contribution in [0.1, 0.15) is 35.8 Å². The largest absolute Gasteiger partial charge is 0.573 e. The maximum atomic E-state index is 12.6. The predicted molar refractivity (Wildman–Crippen MR) is 113 cm³/mol. The lowest BCUT2D eigenvalue weighted by Gasteiger charge is -2.12. The van der Waals surface area contributed by atoms with E-state index >= 15 is 0 Å². The number of benzene rings is 2. The van der Waals surface area contributed by atoms with Crippen LogP contribution in [0.4, 0.5) is 13.2 Å². The van der Waals surface area contributed by atoms with Gasteiger partial charge >= 0.3 is 12.3 Å². The van der Waals surface area contributed by atoms with Gasteiger partial charge in [0.15, 0.2) is 6.29 Å². The Balaban J connectivity index is 0.00000141. The van der Waals surface area contributed by atoms with Crippen molar-refractivity contribution < 1.29 is 32.6 Å². The van der Waals surface area contributed by atoms with Crippen LogP contribution < -0.4 is 10.5 Å². The molecule has 32 heavy (non-hydrogen) atoms. The number of hydrogen-bond acceptors (Lipinski definition) is 4. The van der Waals surface area contributed by atoms with E-state index in [0.29, 0.717) is 22.9 Å². The highest BCUT2D eigenvalue weighted by molar-refractivity contribution is 5.91. The molecule has 2 aromatic carbocycles. The fourth-order valence-electron chi connectivity index (χ4n) is 4.35. The normalized spacial score (nSPS) is 19.1. The number of ether oxygens (including phenoxy) is 1. The molecule has 0 spiro atoms. The molecule has 0 bridgehead atoms. The van der Waals surface area contributed by atoms with Crippen LogP contribution in [0.2, 0.25) is 0 Å². The van der Waals surface area contributed by atoms with Gasteiger partial charge in [-0.05, 0) is 48.4 Å². The molecule has 1 heterocycles. The van der Waals surface area contributed by atoms with Gasteiger partial charge in [0.25, 0.3) is 0 Å². The average Bonchev–Trinajstić information content (AvgIpc) is 3.13. The Morgan fingerprint density at radius 1 is 1.16 bits per heavy atom. The topological polar surface area (TPSA) is 94.5 Å².